The first-order chi connectivity index (χ1) is 22.9. The minimum Gasteiger partial charge on any atom is -0.397 e. The summed E-state index contributed by atoms with van der Waals surface area (Å²) in [5.74, 6) is -1.22. The maximum atomic E-state index is 14.1. The summed E-state index contributed by atoms with van der Waals surface area (Å²) in [6.45, 7) is 6.52. The molecule has 6 rings (SSSR count). The van der Waals surface area contributed by atoms with Crippen molar-refractivity contribution < 1.29 is 27.6 Å². The fraction of sp³-hybridized carbons (Fsp3) is 0.606. The zero-order valence-corrected chi connectivity index (χ0v) is 29.5. The standard InChI is InChI=1S/C33H43BrF3N7O3S/c1-40-11-13-41(14-12-40)24-2-9-43(10-3-24)31(46)23(16-21-17-26(33(35,36)37)29(38)27(34)18-21)19-28(45)42-7-4-25(5-8-42)44-20-22-6-15-48-30(22)39-32(44)47/h6,15,17-18,23-25H,2-5,7-14,16,19-20,38H2,1H3,(H,39,47)/t23-/m0/s1. The molecular formula is C33H43BrF3N7O3S. The quantitative estimate of drug-likeness (QED) is 0.389. The van der Waals surface area contributed by atoms with Gasteiger partial charge in [-0.2, -0.15) is 13.2 Å². The van der Waals surface area contributed by atoms with Crippen molar-refractivity contribution in [1.82, 2.24) is 24.5 Å². The minimum atomic E-state index is -4.66. The Bertz CT molecular complexity index is 1500. The van der Waals surface area contributed by atoms with Crippen LogP contribution in [-0.4, -0.2) is 114 Å². The molecule has 15 heteroatoms. The summed E-state index contributed by atoms with van der Waals surface area (Å²) in [7, 11) is 2.12. The Kier molecular flexibility index (Phi) is 10.6. The number of likely N-dealkylation sites (tertiary alicyclic amines) is 2. The largest absolute Gasteiger partial charge is 0.418 e. The zero-order chi connectivity index (χ0) is 34.2. The zero-order valence-electron chi connectivity index (χ0n) is 27.1. The van der Waals surface area contributed by atoms with Gasteiger partial charge in [0.15, 0.2) is 0 Å². The molecule has 0 aliphatic carbocycles. The van der Waals surface area contributed by atoms with Crippen LogP contribution in [0, 0.1) is 5.92 Å². The van der Waals surface area contributed by atoms with Gasteiger partial charge in [0.05, 0.1) is 23.7 Å². The van der Waals surface area contributed by atoms with Crippen LogP contribution in [0.15, 0.2) is 28.1 Å². The van der Waals surface area contributed by atoms with Crippen LogP contribution < -0.4 is 11.1 Å². The van der Waals surface area contributed by atoms with Crippen LogP contribution in [0.2, 0.25) is 0 Å². The van der Waals surface area contributed by atoms with E-state index in [1.54, 1.807) is 9.80 Å². The molecule has 48 heavy (non-hydrogen) atoms. The molecule has 5 heterocycles. The smallest absolute Gasteiger partial charge is 0.397 e. The first-order valence-corrected chi connectivity index (χ1v) is 18.3. The number of urea groups is 1. The number of hydrogen-bond donors (Lipinski definition) is 2. The number of fused-ring (bicyclic) bond motifs is 1. The normalized spacial score (nSPS) is 21.3. The fourth-order valence-corrected chi connectivity index (χ4v) is 8.82. The minimum absolute atomic E-state index is 0.0156. The number of alkyl halides is 3. The van der Waals surface area contributed by atoms with E-state index in [1.807, 2.05) is 16.3 Å². The number of nitrogens with two attached hydrogens (primary N) is 1. The number of benzene rings is 1. The molecule has 4 amide bonds. The van der Waals surface area contributed by atoms with Crippen LogP contribution in [0.4, 0.5) is 28.7 Å². The van der Waals surface area contributed by atoms with Crippen molar-refractivity contribution in [3.63, 3.8) is 0 Å². The highest BCUT2D eigenvalue weighted by atomic mass is 79.9. The third-order valence-corrected chi connectivity index (χ3v) is 11.9. The predicted molar refractivity (Wildman–Crippen MR) is 183 cm³/mol. The van der Waals surface area contributed by atoms with Gasteiger partial charge in [-0.05, 0) is 84.2 Å². The highest BCUT2D eigenvalue weighted by Crippen LogP contribution is 2.39. The first-order valence-electron chi connectivity index (χ1n) is 16.7. The van der Waals surface area contributed by atoms with Gasteiger partial charge in [0.1, 0.15) is 5.00 Å². The lowest BCUT2D eigenvalue weighted by Gasteiger charge is -2.42. The van der Waals surface area contributed by atoms with E-state index in [9.17, 15) is 27.6 Å². The summed E-state index contributed by atoms with van der Waals surface area (Å²) in [4.78, 5) is 50.7. The van der Waals surface area contributed by atoms with Crippen LogP contribution in [0.1, 0.15) is 48.8 Å². The topological polar surface area (TPSA) is 105 Å². The fourth-order valence-electron chi connectivity index (χ4n) is 7.51. The number of rotatable bonds is 7. The lowest BCUT2D eigenvalue weighted by Crippen LogP contribution is -2.54. The van der Waals surface area contributed by atoms with Gasteiger partial charge < -0.3 is 25.3 Å². The first kappa shape index (κ1) is 35.0. The Balaban J connectivity index is 1.13. The summed E-state index contributed by atoms with van der Waals surface area (Å²) in [5, 5.41) is 5.78. The number of piperazine rings is 1. The van der Waals surface area contributed by atoms with Crippen LogP contribution in [-0.2, 0) is 28.7 Å². The second-order valence-electron chi connectivity index (χ2n) is 13.5. The van der Waals surface area contributed by atoms with Crippen molar-refractivity contribution in [2.75, 3.05) is 70.5 Å². The number of thiophene rings is 1. The van der Waals surface area contributed by atoms with E-state index >= 15 is 0 Å². The van der Waals surface area contributed by atoms with E-state index in [0.29, 0.717) is 57.2 Å². The molecular weight excluding hydrogens is 711 g/mol. The predicted octanol–water partition coefficient (Wildman–Crippen LogP) is 4.94. The van der Waals surface area contributed by atoms with E-state index in [2.05, 4.69) is 38.1 Å². The molecule has 1 aromatic heterocycles. The van der Waals surface area contributed by atoms with Crippen LogP contribution in [0.5, 0.6) is 0 Å². The molecule has 3 saturated heterocycles. The van der Waals surface area contributed by atoms with Gasteiger partial charge in [0.25, 0.3) is 0 Å². The molecule has 4 aliphatic heterocycles. The van der Waals surface area contributed by atoms with E-state index in [0.717, 1.165) is 55.7 Å². The monoisotopic (exact) mass is 753 g/mol. The molecule has 4 aliphatic rings. The van der Waals surface area contributed by atoms with Gasteiger partial charge in [-0.3, -0.25) is 19.8 Å². The summed E-state index contributed by atoms with van der Waals surface area (Å²) in [5.41, 5.74) is 5.77. The lowest BCUT2D eigenvalue weighted by atomic mass is 9.91. The molecule has 0 saturated carbocycles. The molecule has 0 unspecified atom stereocenters. The second-order valence-corrected chi connectivity index (χ2v) is 15.3. The Morgan fingerprint density at radius 3 is 2.31 bits per heavy atom. The van der Waals surface area contributed by atoms with E-state index in [-0.39, 0.29) is 41.2 Å². The van der Waals surface area contributed by atoms with Crippen molar-refractivity contribution in [3.05, 3.63) is 44.7 Å². The van der Waals surface area contributed by atoms with Crippen LogP contribution in [0.3, 0.4) is 0 Å². The van der Waals surface area contributed by atoms with Gasteiger partial charge in [-0.1, -0.05) is 0 Å². The van der Waals surface area contributed by atoms with E-state index < -0.39 is 23.3 Å². The van der Waals surface area contributed by atoms with Gasteiger partial charge in [-0.25, -0.2) is 4.79 Å². The van der Waals surface area contributed by atoms with Crippen molar-refractivity contribution >= 4 is 55.8 Å². The molecule has 1 atom stereocenters. The number of carbonyl (C=O) groups is 3. The van der Waals surface area contributed by atoms with Crippen molar-refractivity contribution in [2.24, 2.45) is 5.92 Å². The van der Waals surface area contributed by atoms with Gasteiger partial charge in [0.2, 0.25) is 11.8 Å². The maximum absolute atomic E-state index is 14.1. The molecule has 3 N–H and O–H groups in total. The highest BCUT2D eigenvalue weighted by Gasteiger charge is 2.38. The Labute approximate surface area is 291 Å². The molecule has 3 fully saturated rings. The number of nitrogen functional groups attached to an aromatic ring is 1. The molecule has 0 radical (unpaired) electrons. The summed E-state index contributed by atoms with van der Waals surface area (Å²) < 4.78 is 41.6. The average molecular weight is 755 g/mol. The third-order valence-electron chi connectivity index (χ3n) is 10.4. The Morgan fingerprint density at radius 1 is 1.00 bits per heavy atom. The van der Waals surface area contributed by atoms with Gasteiger partial charge in [-0.15, -0.1) is 11.3 Å². The number of nitrogens with zero attached hydrogens (tertiary/aromatic N) is 5. The summed E-state index contributed by atoms with van der Waals surface area (Å²) >= 11 is 4.67. The second kappa shape index (κ2) is 14.5. The summed E-state index contributed by atoms with van der Waals surface area (Å²) in [6.07, 6.45) is -1.91. The molecule has 10 nitrogen and oxygen atoms in total. The van der Waals surface area contributed by atoms with Gasteiger partial charge in [0, 0.05) is 80.9 Å². The average Bonchev–Trinajstić information content (AvgIpc) is 3.52. The molecule has 262 valence electrons. The molecule has 0 bridgehead atoms. The number of amides is 4. The number of hydrogen-bond acceptors (Lipinski definition) is 7. The van der Waals surface area contributed by atoms with E-state index in [4.69, 9.17) is 5.73 Å². The summed E-state index contributed by atoms with van der Waals surface area (Å²) in [6, 6.07) is 4.76. The van der Waals surface area contributed by atoms with Crippen molar-refractivity contribution in [1.29, 1.82) is 0 Å². The number of carbonyl (C=O) groups excluding carboxylic acids is 3. The SMILES string of the molecule is CN1CCN(C2CCN(C(=O)[C@H](CC(=O)N3CCC(N4Cc5ccsc5NC4=O)CC3)Cc3cc(Br)c(N)c(C(F)(F)F)c3)CC2)CC1. The van der Waals surface area contributed by atoms with Gasteiger partial charge >= 0.3 is 12.2 Å². The number of halogens is 4. The third kappa shape index (κ3) is 7.79. The number of nitrogens with one attached hydrogen (secondary N) is 1. The Hall–Kier alpha value is -2.88. The molecule has 2 aromatic rings. The number of anilines is 2. The number of likely N-dealkylation sites (N-methyl/N-ethyl adjacent to an activating group) is 1. The van der Waals surface area contributed by atoms with Crippen LogP contribution >= 0.6 is 27.3 Å². The number of piperidine rings is 2. The lowest BCUT2D eigenvalue weighted by molar-refractivity contribution is -0.143. The maximum Gasteiger partial charge on any atom is 0.418 e. The van der Waals surface area contributed by atoms with E-state index in [1.165, 1.54) is 17.4 Å². The van der Waals surface area contributed by atoms with Crippen molar-refractivity contribution in [3.8, 4) is 0 Å². The van der Waals surface area contributed by atoms with Crippen molar-refractivity contribution in [2.45, 2.75) is 63.3 Å². The molecule has 1 aromatic carbocycles. The van der Waals surface area contributed by atoms with Crippen LogP contribution in [0.25, 0.3) is 0 Å². The Morgan fingerprint density at radius 2 is 1.65 bits per heavy atom. The highest BCUT2D eigenvalue weighted by molar-refractivity contribution is 9.10. The molecule has 0 spiro atoms.